The molecule has 6 heteroatoms. The Morgan fingerprint density at radius 3 is 1.46 bits per heavy atom. The van der Waals surface area contributed by atoms with Crippen LogP contribution in [-0.4, -0.2) is 42.9 Å². The summed E-state index contributed by atoms with van der Waals surface area (Å²) >= 11 is 0. The van der Waals surface area contributed by atoms with Gasteiger partial charge in [-0.05, 0) is 6.92 Å². The molecule has 0 aromatic carbocycles. The minimum Gasteiger partial charge on any atom is -0.395 e. The lowest BCUT2D eigenvalue weighted by molar-refractivity contribution is 0.253. The van der Waals surface area contributed by atoms with Crippen molar-refractivity contribution in [2.45, 2.75) is 25.0 Å². The summed E-state index contributed by atoms with van der Waals surface area (Å²) in [4.78, 5) is 0. The highest BCUT2D eigenvalue weighted by Gasteiger charge is 2.03. The molecule has 0 heterocycles. The first kappa shape index (κ1) is 15.2. The average Bonchev–Trinajstić information content (AvgIpc) is 2.16. The number of aliphatic hydroxyl groups is 1. The molecule has 0 rings (SSSR count). The van der Waals surface area contributed by atoms with Gasteiger partial charge in [0.05, 0.1) is 6.61 Å². The Morgan fingerprint density at radius 2 is 1.46 bits per heavy atom. The van der Waals surface area contributed by atoms with Gasteiger partial charge in [-0.1, -0.05) is 0 Å². The summed E-state index contributed by atoms with van der Waals surface area (Å²) in [6.45, 7) is 2.70. The minimum atomic E-state index is -0.264. The largest absolute Gasteiger partial charge is 0.395 e. The fraction of sp³-hybridized carbons (Fsp3) is 1.00. The van der Waals surface area contributed by atoms with Crippen LogP contribution in [0.15, 0.2) is 0 Å². The van der Waals surface area contributed by atoms with Crippen LogP contribution < -0.4 is 28.7 Å². The van der Waals surface area contributed by atoms with Crippen molar-refractivity contribution in [3.05, 3.63) is 0 Å². The third-order valence-electron chi connectivity index (χ3n) is 1.49. The molecular formula is C7H23N5O. The predicted molar refractivity (Wildman–Crippen MR) is 54.8 cm³/mol. The van der Waals surface area contributed by atoms with Gasteiger partial charge >= 0.3 is 0 Å². The molecule has 0 radical (unpaired) electrons. The van der Waals surface area contributed by atoms with Crippen LogP contribution in [0, 0.1) is 0 Å². The van der Waals surface area contributed by atoms with Crippen molar-refractivity contribution in [3.8, 4) is 0 Å². The Hall–Kier alpha value is -0.240. The van der Waals surface area contributed by atoms with Crippen LogP contribution in [0.2, 0.25) is 0 Å². The Morgan fingerprint density at radius 1 is 1.08 bits per heavy atom. The molecule has 2 atom stereocenters. The highest BCUT2D eigenvalue weighted by atomic mass is 16.3. The molecule has 82 valence electrons. The molecule has 2 unspecified atom stereocenters. The van der Waals surface area contributed by atoms with E-state index < -0.39 is 0 Å². The quantitative estimate of drug-likeness (QED) is 0.278. The average molecular weight is 193 g/mol. The summed E-state index contributed by atoms with van der Waals surface area (Å²) in [5.41, 5.74) is 25.9. The molecule has 0 aromatic rings. The van der Waals surface area contributed by atoms with E-state index >= 15 is 0 Å². The molecule has 0 aliphatic rings. The number of rotatable bonds is 4. The highest BCUT2D eigenvalue weighted by molar-refractivity contribution is 4.68. The molecule has 0 aliphatic heterocycles. The van der Waals surface area contributed by atoms with E-state index in [4.69, 9.17) is 33.8 Å². The van der Waals surface area contributed by atoms with Crippen molar-refractivity contribution in [2.24, 2.45) is 28.7 Å². The third kappa shape index (κ3) is 11.8. The molecule has 13 heavy (non-hydrogen) atoms. The van der Waals surface area contributed by atoms with E-state index in [9.17, 15) is 0 Å². The summed E-state index contributed by atoms with van der Waals surface area (Å²) < 4.78 is 0. The molecular weight excluding hydrogens is 170 g/mol. The van der Waals surface area contributed by atoms with Crippen LogP contribution in [0.4, 0.5) is 0 Å². The van der Waals surface area contributed by atoms with Crippen molar-refractivity contribution in [2.75, 3.05) is 19.7 Å². The molecule has 0 fully saturated rings. The molecule has 11 N–H and O–H groups in total. The zero-order valence-electron chi connectivity index (χ0n) is 8.19. The van der Waals surface area contributed by atoms with Crippen LogP contribution in [0.3, 0.4) is 0 Å². The molecule has 0 spiro atoms. The summed E-state index contributed by atoms with van der Waals surface area (Å²) in [7, 11) is 0. The zero-order valence-corrected chi connectivity index (χ0v) is 8.19. The van der Waals surface area contributed by atoms with Gasteiger partial charge in [-0.3, -0.25) is 0 Å². The Bertz CT molecular complexity index is 96.9. The first-order chi connectivity index (χ1) is 5.99. The van der Waals surface area contributed by atoms with E-state index in [0.717, 1.165) is 0 Å². The number of hydrogen-bond donors (Lipinski definition) is 6. The normalized spacial score (nSPS) is 14.8. The van der Waals surface area contributed by atoms with E-state index in [2.05, 4.69) is 0 Å². The van der Waals surface area contributed by atoms with Gasteiger partial charge in [-0.2, -0.15) is 0 Å². The van der Waals surface area contributed by atoms with Crippen molar-refractivity contribution < 1.29 is 5.11 Å². The lowest BCUT2D eigenvalue weighted by atomic mass is 10.2. The van der Waals surface area contributed by atoms with Crippen LogP contribution in [0.25, 0.3) is 0 Å². The second kappa shape index (κ2) is 9.85. The zero-order chi connectivity index (χ0) is 10.9. The van der Waals surface area contributed by atoms with Crippen LogP contribution in [0.5, 0.6) is 0 Å². The van der Waals surface area contributed by atoms with Crippen LogP contribution in [0.1, 0.15) is 6.92 Å². The summed E-state index contributed by atoms with van der Waals surface area (Å²) in [5, 5.41) is 8.30. The molecule has 0 aromatic heterocycles. The first-order valence-corrected chi connectivity index (χ1v) is 4.27. The summed E-state index contributed by atoms with van der Waals surface area (Å²) in [5.74, 6) is 0. The third-order valence-corrected chi connectivity index (χ3v) is 1.49. The number of hydrogen-bond acceptors (Lipinski definition) is 6. The van der Waals surface area contributed by atoms with Gasteiger partial charge < -0.3 is 33.8 Å². The van der Waals surface area contributed by atoms with E-state index in [0.29, 0.717) is 13.1 Å². The topological polar surface area (TPSA) is 150 Å². The molecule has 0 amide bonds. The van der Waals surface area contributed by atoms with Gasteiger partial charge in [0, 0.05) is 31.2 Å². The van der Waals surface area contributed by atoms with Gasteiger partial charge in [0.15, 0.2) is 0 Å². The molecule has 6 nitrogen and oxygen atoms in total. The lowest BCUT2D eigenvalue weighted by Gasteiger charge is -2.10. The molecule has 0 bridgehead atoms. The number of nitrogens with two attached hydrogens (primary N) is 5. The van der Waals surface area contributed by atoms with E-state index in [1.807, 2.05) is 0 Å². The van der Waals surface area contributed by atoms with Gasteiger partial charge in [-0.15, -0.1) is 0 Å². The monoisotopic (exact) mass is 193 g/mol. The predicted octanol–water partition coefficient (Wildman–Crippen LogP) is -3.12. The van der Waals surface area contributed by atoms with Crippen LogP contribution in [-0.2, 0) is 0 Å². The Labute approximate surface area is 79.4 Å². The maximum atomic E-state index is 8.30. The van der Waals surface area contributed by atoms with Gasteiger partial charge in [0.25, 0.3) is 0 Å². The highest BCUT2D eigenvalue weighted by Crippen LogP contribution is 1.79. The van der Waals surface area contributed by atoms with E-state index in [1.165, 1.54) is 0 Å². The number of aliphatic hydroxyl groups excluding tert-OH is 1. The van der Waals surface area contributed by atoms with Gasteiger partial charge in [0.1, 0.15) is 0 Å². The molecule has 0 saturated carbocycles. The van der Waals surface area contributed by atoms with Crippen molar-refractivity contribution >= 4 is 0 Å². The summed E-state index contributed by atoms with van der Waals surface area (Å²) in [6, 6.07) is -0.380. The maximum absolute atomic E-state index is 8.30. The standard InChI is InChI=1S/C4H12N2O.C3H11N3/c1-3(5)4(6)2-7;4-1-3(6)2-5/h3-4,7H,2,5-6H2,1H3;3H,1-2,4-6H2. The fourth-order valence-corrected chi connectivity index (χ4v) is 0.262. The second-order valence-electron chi connectivity index (χ2n) is 2.94. The van der Waals surface area contributed by atoms with Crippen molar-refractivity contribution in [1.82, 2.24) is 0 Å². The van der Waals surface area contributed by atoms with Gasteiger partial charge in [0.2, 0.25) is 0 Å². The van der Waals surface area contributed by atoms with Crippen molar-refractivity contribution in [3.63, 3.8) is 0 Å². The molecule has 0 saturated heterocycles. The second-order valence-corrected chi connectivity index (χ2v) is 2.94. The Balaban J connectivity index is 0. The van der Waals surface area contributed by atoms with Crippen molar-refractivity contribution in [1.29, 1.82) is 0 Å². The first-order valence-electron chi connectivity index (χ1n) is 4.27. The van der Waals surface area contributed by atoms with E-state index in [1.54, 1.807) is 6.92 Å². The smallest absolute Gasteiger partial charge is 0.0597 e. The Kier molecular flexibility index (Phi) is 11.5. The minimum absolute atomic E-state index is 0.00926. The SMILES string of the molecule is CC(N)C(N)CO.NCC(N)CN. The fourth-order valence-electron chi connectivity index (χ4n) is 0.262. The van der Waals surface area contributed by atoms with Gasteiger partial charge in [-0.25, -0.2) is 0 Å². The molecule has 0 aliphatic carbocycles. The maximum Gasteiger partial charge on any atom is 0.0597 e. The lowest BCUT2D eigenvalue weighted by Crippen LogP contribution is -2.41. The van der Waals surface area contributed by atoms with Crippen LogP contribution >= 0.6 is 0 Å². The summed E-state index contributed by atoms with van der Waals surface area (Å²) in [6.07, 6.45) is 0. The van der Waals surface area contributed by atoms with E-state index in [-0.39, 0.29) is 24.7 Å².